The third-order valence-corrected chi connectivity index (χ3v) is 3.69. The predicted octanol–water partition coefficient (Wildman–Crippen LogP) is 3.06. The summed E-state index contributed by atoms with van der Waals surface area (Å²) in [4.78, 5) is 25.3. The molecule has 0 aliphatic carbocycles. The normalized spacial score (nSPS) is 10.2. The van der Waals surface area contributed by atoms with Gasteiger partial charge in [-0.15, -0.1) is 0 Å². The SMILES string of the molecule is COC(=O)c1ccc(CN(C)C(=O)CCc2ccccc2)cc1. The van der Waals surface area contributed by atoms with Gasteiger partial charge in [0.1, 0.15) is 0 Å². The summed E-state index contributed by atoms with van der Waals surface area (Å²) in [7, 11) is 3.15. The number of amides is 1. The number of nitrogens with zero attached hydrogens (tertiary/aromatic N) is 1. The maximum absolute atomic E-state index is 12.2. The van der Waals surface area contributed by atoms with Gasteiger partial charge in [-0.2, -0.15) is 0 Å². The molecule has 0 unspecified atom stereocenters. The first-order valence-electron chi connectivity index (χ1n) is 7.55. The van der Waals surface area contributed by atoms with Crippen LogP contribution in [-0.4, -0.2) is 30.9 Å². The lowest BCUT2D eigenvalue weighted by molar-refractivity contribution is -0.130. The van der Waals surface area contributed by atoms with Gasteiger partial charge in [-0.3, -0.25) is 4.79 Å². The average Bonchev–Trinajstić information content (AvgIpc) is 2.60. The number of benzene rings is 2. The molecule has 0 aliphatic rings. The first-order chi connectivity index (χ1) is 11.1. The van der Waals surface area contributed by atoms with Crippen LogP contribution in [0, 0.1) is 0 Å². The molecule has 0 heterocycles. The van der Waals surface area contributed by atoms with Crippen molar-refractivity contribution in [1.82, 2.24) is 4.90 Å². The standard InChI is InChI=1S/C19H21NO3/c1-20(18(21)13-10-15-6-4-3-5-7-15)14-16-8-11-17(12-9-16)19(22)23-2/h3-9,11-12H,10,13-14H2,1-2H3. The van der Waals surface area contributed by atoms with Gasteiger partial charge in [0.2, 0.25) is 5.91 Å². The first-order valence-corrected chi connectivity index (χ1v) is 7.55. The molecule has 0 saturated heterocycles. The predicted molar refractivity (Wildman–Crippen MR) is 89.0 cm³/mol. The molecule has 0 spiro atoms. The molecule has 2 aromatic rings. The second kappa shape index (κ2) is 8.13. The van der Waals surface area contributed by atoms with E-state index in [0.29, 0.717) is 18.5 Å². The Morgan fingerprint density at radius 3 is 2.22 bits per heavy atom. The van der Waals surface area contributed by atoms with E-state index < -0.39 is 0 Å². The summed E-state index contributed by atoms with van der Waals surface area (Å²) in [6.07, 6.45) is 1.23. The van der Waals surface area contributed by atoms with E-state index in [-0.39, 0.29) is 11.9 Å². The molecular formula is C19H21NO3. The molecular weight excluding hydrogens is 290 g/mol. The summed E-state index contributed by atoms with van der Waals surface area (Å²) in [5.74, 6) is -0.255. The number of methoxy groups -OCH3 is 1. The van der Waals surface area contributed by atoms with E-state index in [9.17, 15) is 9.59 Å². The minimum absolute atomic E-state index is 0.103. The zero-order chi connectivity index (χ0) is 16.7. The van der Waals surface area contributed by atoms with Crippen molar-refractivity contribution < 1.29 is 14.3 Å². The smallest absolute Gasteiger partial charge is 0.337 e. The molecule has 23 heavy (non-hydrogen) atoms. The highest BCUT2D eigenvalue weighted by Gasteiger charge is 2.10. The molecule has 120 valence electrons. The van der Waals surface area contributed by atoms with Gasteiger partial charge >= 0.3 is 5.97 Å². The van der Waals surface area contributed by atoms with Gasteiger partial charge in [-0.05, 0) is 29.7 Å². The number of hydrogen-bond donors (Lipinski definition) is 0. The third-order valence-electron chi connectivity index (χ3n) is 3.69. The Kier molecular flexibility index (Phi) is 5.92. The molecule has 2 rings (SSSR count). The lowest BCUT2D eigenvalue weighted by Gasteiger charge is -2.17. The number of esters is 1. The van der Waals surface area contributed by atoms with Crippen molar-refractivity contribution in [3.8, 4) is 0 Å². The zero-order valence-corrected chi connectivity index (χ0v) is 13.5. The highest BCUT2D eigenvalue weighted by atomic mass is 16.5. The summed E-state index contributed by atoms with van der Waals surface area (Å²) in [6, 6.07) is 17.1. The Bertz CT molecular complexity index is 650. The lowest BCUT2D eigenvalue weighted by Crippen LogP contribution is -2.26. The van der Waals surface area contributed by atoms with Crippen LogP contribution in [0.2, 0.25) is 0 Å². The molecule has 0 radical (unpaired) electrons. The summed E-state index contributed by atoms with van der Waals surface area (Å²) in [5, 5.41) is 0. The topological polar surface area (TPSA) is 46.6 Å². The van der Waals surface area contributed by atoms with Crippen LogP contribution >= 0.6 is 0 Å². The van der Waals surface area contributed by atoms with Crippen molar-refractivity contribution in [2.24, 2.45) is 0 Å². The van der Waals surface area contributed by atoms with Gasteiger partial charge in [0.25, 0.3) is 0 Å². The lowest BCUT2D eigenvalue weighted by atomic mass is 10.1. The number of ether oxygens (including phenoxy) is 1. The van der Waals surface area contributed by atoms with E-state index in [2.05, 4.69) is 4.74 Å². The Labute approximate surface area is 136 Å². The van der Waals surface area contributed by atoms with Crippen molar-refractivity contribution in [1.29, 1.82) is 0 Å². The minimum Gasteiger partial charge on any atom is -0.465 e. The summed E-state index contributed by atoms with van der Waals surface area (Å²) in [5.41, 5.74) is 2.65. The van der Waals surface area contributed by atoms with Crippen LogP contribution in [0.5, 0.6) is 0 Å². The Hall–Kier alpha value is -2.62. The molecule has 2 aromatic carbocycles. The molecule has 0 bridgehead atoms. The van der Waals surface area contributed by atoms with Gasteiger partial charge in [-0.25, -0.2) is 4.79 Å². The zero-order valence-electron chi connectivity index (χ0n) is 13.5. The van der Waals surface area contributed by atoms with Crippen molar-refractivity contribution in [2.75, 3.05) is 14.2 Å². The molecule has 0 N–H and O–H groups in total. The van der Waals surface area contributed by atoms with Crippen molar-refractivity contribution in [3.63, 3.8) is 0 Å². The van der Waals surface area contributed by atoms with E-state index in [1.807, 2.05) is 42.5 Å². The molecule has 0 aliphatic heterocycles. The van der Waals surface area contributed by atoms with Crippen LogP contribution in [0.3, 0.4) is 0 Å². The fraction of sp³-hybridized carbons (Fsp3) is 0.263. The number of carbonyl (C=O) groups excluding carboxylic acids is 2. The fourth-order valence-electron chi connectivity index (χ4n) is 2.31. The highest BCUT2D eigenvalue weighted by Crippen LogP contribution is 2.10. The molecule has 0 fully saturated rings. The van der Waals surface area contributed by atoms with Gasteiger partial charge in [0.05, 0.1) is 12.7 Å². The number of aryl methyl sites for hydroxylation is 1. The third kappa shape index (κ3) is 4.95. The largest absolute Gasteiger partial charge is 0.465 e. The Morgan fingerprint density at radius 2 is 1.61 bits per heavy atom. The fourth-order valence-corrected chi connectivity index (χ4v) is 2.31. The maximum Gasteiger partial charge on any atom is 0.337 e. The van der Waals surface area contributed by atoms with E-state index in [0.717, 1.165) is 17.5 Å². The summed E-state index contributed by atoms with van der Waals surface area (Å²) < 4.78 is 4.67. The number of hydrogen-bond acceptors (Lipinski definition) is 3. The van der Waals surface area contributed by atoms with E-state index in [1.54, 1.807) is 24.1 Å². The quantitative estimate of drug-likeness (QED) is 0.770. The van der Waals surface area contributed by atoms with E-state index in [4.69, 9.17) is 0 Å². The molecule has 0 saturated carbocycles. The summed E-state index contributed by atoms with van der Waals surface area (Å²) >= 11 is 0. The highest BCUT2D eigenvalue weighted by molar-refractivity contribution is 5.89. The average molecular weight is 311 g/mol. The second-order valence-electron chi connectivity index (χ2n) is 5.42. The van der Waals surface area contributed by atoms with Gasteiger partial charge in [0.15, 0.2) is 0 Å². The van der Waals surface area contributed by atoms with Crippen LogP contribution in [-0.2, 0) is 22.5 Å². The monoisotopic (exact) mass is 311 g/mol. The van der Waals surface area contributed by atoms with Gasteiger partial charge < -0.3 is 9.64 Å². The summed E-state index contributed by atoms with van der Waals surface area (Å²) in [6.45, 7) is 0.523. The van der Waals surface area contributed by atoms with E-state index >= 15 is 0 Å². The number of carbonyl (C=O) groups is 2. The Balaban J connectivity index is 1.86. The Morgan fingerprint density at radius 1 is 0.957 bits per heavy atom. The van der Waals surface area contributed by atoms with Crippen LogP contribution in [0.15, 0.2) is 54.6 Å². The second-order valence-corrected chi connectivity index (χ2v) is 5.42. The van der Waals surface area contributed by atoms with Gasteiger partial charge in [-0.1, -0.05) is 42.5 Å². The van der Waals surface area contributed by atoms with Crippen LogP contribution in [0.1, 0.15) is 27.9 Å². The molecule has 0 atom stereocenters. The van der Waals surface area contributed by atoms with Crippen LogP contribution in [0.4, 0.5) is 0 Å². The number of rotatable bonds is 6. The molecule has 4 nitrogen and oxygen atoms in total. The van der Waals surface area contributed by atoms with Gasteiger partial charge in [0, 0.05) is 20.0 Å². The molecule has 0 aromatic heterocycles. The maximum atomic E-state index is 12.2. The van der Waals surface area contributed by atoms with Crippen LogP contribution < -0.4 is 0 Å². The van der Waals surface area contributed by atoms with Crippen molar-refractivity contribution in [3.05, 3.63) is 71.3 Å². The van der Waals surface area contributed by atoms with Crippen molar-refractivity contribution >= 4 is 11.9 Å². The first kappa shape index (κ1) is 16.7. The van der Waals surface area contributed by atoms with Crippen LogP contribution in [0.25, 0.3) is 0 Å². The minimum atomic E-state index is -0.358. The van der Waals surface area contributed by atoms with E-state index in [1.165, 1.54) is 7.11 Å². The molecule has 1 amide bonds. The van der Waals surface area contributed by atoms with Crippen molar-refractivity contribution in [2.45, 2.75) is 19.4 Å². The molecule has 4 heteroatoms.